The van der Waals surface area contributed by atoms with Gasteiger partial charge in [0.1, 0.15) is 0 Å². The van der Waals surface area contributed by atoms with Gasteiger partial charge in [-0.1, -0.05) is 51.1 Å². The van der Waals surface area contributed by atoms with Crippen molar-refractivity contribution in [3.8, 4) is 0 Å². The van der Waals surface area contributed by atoms with Crippen LogP contribution in [0.4, 0.5) is 21.9 Å². The molecule has 0 spiro atoms. The van der Waals surface area contributed by atoms with Crippen molar-refractivity contribution < 1.29 is 14.4 Å². The molecule has 3 amide bonds. The number of amides is 3. The highest BCUT2D eigenvalue weighted by Gasteiger charge is 2.36. The number of para-hydroxylation sites is 1. The number of benzene rings is 2. The number of ketones is 1. The van der Waals surface area contributed by atoms with E-state index in [-0.39, 0.29) is 12.3 Å². The number of rotatable bonds is 5. The Morgan fingerprint density at radius 2 is 1.78 bits per heavy atom. The summed E-state index contributed by atoms with van der Waals surface area (Å²) in [6.07, 6.45) is 0.325. The van der Waals surface area contributed by atoms with Crippen molar-refractivity contribution in [3.05, 3.63) is 84.2 Å². The van der Waals surface area contributed by atoms with Gasteiger partial charge in [-0.15, -0.1) is 0 Å². The Kier molecular flexibility index (Phi) is 6.82. The van der Waals surface area contributed by atoms with Crippen LogP contribution in [-0.2, 0) is 9.59 Å². The zero-order valence-corrected chi connectivity index (χ0v) is 20.4. The molecule has 0 fully saturated rings. The summed E-state index contributed by atoms with van der Waals surface area (Å²) in [7, 11) is 0. The van der Waals surface area contributed by atoms with E-state index in [1.54, 1.807) is 75.5 Å². The van der Waals surface area contributed by atoms with Gasteiger partial charge in [0, 0.05) is 28.6 Å². The maximum atomic E-state index is 13.8. The average Bonchev–Trinajstić information content (AvgIpc) is 2.94. The van der Waals surface area contributed by atoms with Crippen molar-refractivity contribution in [3.63, 3.8) is 0 Å². The molecule has 0 aliphatic carbocycles. The van der Waals surface area contributed by atoms with Crippen LogP contribution in [0.3, 0.4) is 0 Å². The van der Waals surface area contributed by atoms with Gasteiger partial charge in [-0.05, 0) is 36.4 Å². The SMILES string of the molecule is CC(C)(C)C(=O)CN1C(=O)[C@@H](NC(=O)Nc2cccc(N)c2)N=C(c2ccccn2)c2ccccc21. The predicted molar refractivity (Wildman–Crippen MR) is 140 cm³/mol. The van der Waals surface area contributed by atoms with Crippen LogP contribution >= 0.6 is 0 Å². The van der Waals surface area contributed by atoms with E-state index < -0.39 is 23.5 Å². The number of carbonyl (C=O) groups is 3. The Hall–Kier alpha value is -4.53. The van der Waals surface area contributed by atoms with Gasteiger partial charge in [-0.25, -0.2) is 9.79 Å². The van der Waals surface area contributed by atoms with Gasteiger partial charge < -0.3 is 21.3 Å². The number of carbonyl (C=O) groups excluding carboxylic acids is 3. The Morgan fingerprint density at radius 1 is 1.03 bits per heavy atom. The second-order valence-electron chi connectivity index (χ2n) is 9.43. The molecule has 0 saturated heterocycles. The van der Waals surface area contributed by atoms with Crippen LogP contribution in [0, 0.1) is 5.41 Å². The molecule has 0 unspecified atom stereocenters. The molecule has 2 heterocycles. The number of pyridine rings is 1. The van der Waals surface area contributed by atoms with Crippen LogP contribution in [0.15, 0.2) is 77.9 Å². The number of nitrogens with one attached hydrogen (secondary N) is 2. The molecule has 1 aromatic heterocycles. The topological polar surface area (TPSA) is 130 Å². The lowest BCUT2D eigenvalue weighted by Crippen LogP contribution is -2.50. The van der Waals surface area contributed by atoms with E-state index >= 15 is 0 Å². The van der Waals surface area contributed by atoms with Gasteiger partial charge in [-0.2, -0.15) is 0 Å². The second kappa shape index (κ2) is 9.99. The van der Waals surface area contributed by atoms with Gasteiger partial charge in [0.25, 0.3) is 5.91 Å². The molecule has 9 heteroatoms. The molecule has 1 aliphatic heterocycles. The first-order chi connectivity index (χ1) is 17.1. The third-order valence-corrected chi connectivity index (χ3v) is 5.67. The Balaban J connectivity index is 1.75. The Bertz CT molecular complexity index is 1330. The number of urea groups is 1. The van der Waals surface area contributed by atoms with Gasteiger partial charge in [-0.3, -0.25) is 14.6 Å². The normalized spacial score (nSPS) is 15.4. The van der Waals surface area contributed by atoms with Gasteiger partial charge in [0.05, 0.1) is 23.6 Å². The summed E-state index contributed by atoms with van der Waals surface area (Å²) in [4.78, 5) is 50.1. The number of aliphatic imine (C=N–C) groups is 1. The van der Waals surface area contributed by atoms with Gasteiger partial charge in [0.15, 0.2) is 5.78 Å². The van der Waals surface area contributed by atoms with Crippen molar-refractivity contribution in [2.24, 2.45) is 10.4 Å². The molecule has 184 valence electrons. The quantitative estimate of drug-likeness (QED) is 0.476. The number of hydrogen-bond donors (Lipinski definition) is 3. The molecule has 4 N–H and O–H groups in total. The molecule has 9 nitrogen and oxygen atoms in total. The van der Waals surface area contributed by atoms with Crippen LogP contribution < -0.4 is 21.3 Å². The molecule has 2 aromatic carbocycles. The summed E-state index contributed by atoms with van der Waals surface area (Å²) >= 11 is 0. The zero-order valence-electron chi connectivity index (χ0n) is 20.4. The molecule has 0 saturated carbocycles. The summed E-state index contributed by atoms with van der Waals surface area (Å²) in [6.45, 7) is 5.23. The van der Waals surface area contributed by atoms with E-state index in [0.717, 1.165) is 0 Å². The minimum Gasteiger partial charge on any atom is -0.399 e. The number of anilines is 3. The number of benzodiazepines with no additional fused rings is 1. The number of nitrogens with zero attached hydrogens (tertiary/aromatic N) is 3. The average molecular weight is 485 g/mol. The smallest absolute Gasteiger partial charge is 0.321 e. The number of nitrogens with two attached hydrogens (primary N) is 1. The lowest BCUT2D eigenvalue weighted by atomic mass is 9.90. The monoisotopic (exact) mass is 484 g/mol. The summed E-state index contributed by atoms with van der Waals surface area (Å²) in [5, 5.41) is 5.32. The van der Waals surface area contributed by atoms with E-state index in [4.69, 9.17) is 5.73 Å². The third kappa shape index (κ3) is 5.41. The molecule has 0 bridgehead atoms. The minimum atomic E-state index is -1.30. The van der Waals surface area contributed by atoms with E-state index in [2.05, 4.69) is 20.6 Å². The van der Waals surface area contributed by atoms with Crippen LogP contribution in [0.2, 0.25) is 0 Å². The van der Waals surface area contributed by atoms with E-state index in [9.17, 15) is 14.4 Å². The van der Waals surface area contributed by atoms with E-state index in [1.165, 1.54) is 4.90 Å². The van der Waals surface area contributed by atoms with Crippen molar-refractivity contribution in [2.75, 3.05) is 22.5 Å². The lowest BCUT2D eigenvalue weighted by molar-refractivity contribution is -0.127. The summed E-state index contributed by atoms with van der Waals surface area (Å²) in [5.41, 5.74) is 8.19. The molecule has 3 aromatic rings. The summed E-state index contributed by atoms with van der Waals surface area (Å²) in [6, 6.07) is 18.6. The fourth-order valence-electron chi connectivity index (χ4n) is 3.68. The molecule has 0 radical (unpaired) electrons. The summed E-state index contributed by atoms with van der Waals surface area (Å²) in [5.74, 6) is -0.663. The van der Waals surface area contributed by atoms with Crippen molar-refractivity contribution in [1.82, 2.24) is 10.3 Å². The largest absolute Gasteiger partial charge is 0.399 e. The number of fused-ring (bicyclic) bond motifs is 1. The molecule has 1 atom stereocenters. The van der Waals surface area contributed by atoms with Crippen LogP contribution in [-0.4, -0.2) is 41.1 Å². The minimum absolute atomic E-state index is 0.130. The first-order valence-electron chi connectivity index (χ1n) is 11.5. The highest BCUT2D eigenvalue weighted by atomic mass is 16.2. The fourth-order valence-corrected chi connectivity index (χ4v) is 3.68. The second-order valence-corrected chi connectivity index (χ2v) is 9.43. The maximum Gasteiger partial charge on any atom is 0.321 e. The maximum absolute atomic E-state index is 13.8. The van der Waals surface area contributed by atoms with Gasteiger partial charge >= 0.3 is 6.03 Å². The third-order valence-electron chi connectivity index (χ3n) is 5.67. The Labute approximate surface area is 209 Å². The molecule has 4 rings (SSSR count). The van der Waals surface area contributed by atoms with E-state index in [0.29, 0.717) is 34.0 Å². The fraction of sp³-hybridized carbons (Fsp3) is 0.222. The number of hydrogen-bond acceptors (Lipinski definition) is 6. The number of nitrogen functional groups attached to an aromatic ring is 1. The first kappa shape index (κ1) is 24.6. The Morgan fingerprint density at radius 3 is 2.47 bits per heavy atom. The summed E-state index contributed by atoms with van der Waals surface area (Å²) < 4.78 is 0. The van der Waals surface area contributed by atoms with Crippen molar-refractivity contribution >= 4 is 40.5 Å². The zero-order chi connectivity index (χ0) is 25.9. The van der Waals surface area contributed by atoms with Crippen molar-refractivity contribution in [2.45, 2.75) is 26.9 Å². The highest BCUT2D eigenvalue weighted by Crippen LogP contribution is 2.29. The van der Waals surface area contributed by atoms with E-state index in [1.807, 2.05) is 18.2 Å². The molecular weight excluding hydrogens is 456 g/mol. The van der Waals surface area contributed by atoms with Crippen LogP contribution in [0.25, 0.3) is 0 Å². The molecule has 1 aliphatic rings. The lowest BCUT2D eigenvalue weighted by Gasteiger charge is -2.28. The number of Topliss-reactive ketones (excluding diaryl/α,β-unsaturated/α-hetero) is 1. The van der Waals surface area contributed by atoms with Gasteiger partial charge in [0.2, 0.25) is 6.17 Å². The molecular formula is C27H28N6O3. The van der Waals surface area contributed by atoms with Crippen LogP contribution in [0.1, 0.15) is 32.0 Å². The van der Waals surface area contributed by atoms with Crippen molar-refractivity contribution in [1.29, 1.82) is 0 Å². The number of aromatic nitrogens is 1. The standard InChI is InChI=1S/C27H28N6O3/c1-27(2,3)22(34)16-33-21-13-5-4-11-19(21)23(20-12-6-7-14-29-20)31-24(25(33)35)32-26(36)30-18-10-8-9-17(28)15-18/h4-15,24H,16,28H2,1-3H3,(H2,30,32,36)/t24-/m1/s1. The first-order valence-corrected chi connectivity index (χ1v) is 11.5. The van der Waals surface area contributed by atoms with Crippen LogP contribution in [0.5, 0.6) is 0 Å². The molecule has 36 heavy (non-hydrogen) atoms. The highest BCUT2D eigenvalue weighted by molar-refractivity contribution is 6.20. The predicted octanol–water partition coefficient (Wildman–Crippen LogP) is 3.61.